The molecule has 156 valence electrons. The van der Waals surface area contributed by atoms with Crippen LogP contribution in [-0.2, 0) is 11.3 Å². The Hall–Kier alpha value is -2.32. The number of benzene rings is 1. The molecule has 0 unspecified atom stereocenters. The van der Waals surface area contributed by atoms with Gasteiger partial charge in [-0.15, -0.1) is 11.3 Å². The third-order valence-corrected chi connectivity index (χ3v) is 7.35. The first-order valence-corrected chi connectivity index (χ1v) is 12.1. The average molecular weight is 442 g/mol. The zero-order valence-electron chi connectivity index (χ0n) is 16.6. The summed E-state index contributed by atoms with van der Waals surface area (Å²) >= 11 is 3.17. The van der Waals surface area contributed by atoms with Crippen molar-refractivity contribution in [2.45, 2.75) is 44.3 Å². The highest BCUT2D eigenvalue weighted by Crippen LogP contribution is 2.39. The molecule has 0 atom stereocenters. The van der Waals surface area contributed by atoms with Crippen LogP contribution in [0.15, 0.2) is 45.7 Å². The number of amides is 1. The van der Waals surface area contributed by atoms with Crippen molar-refractivity contribution in [1.82, 2.24) is 5.32 Å². The SMILES string of the molecule is O=C(CSC1=NC2(CCCCC2)N=C1c1cccs1)NCc1ccc2c(c1)OCO2. The Morgan fingerprint density at radius 1 is 1.13 bits per heavy atom. The molecule has 30 heavy (non-hydrogen) atoms. The van der Waals surface area contributed by atoms with E-state index in [0.717, 1.165) is 45.5 Å². The molecule has 8 heteroatoms. The Bertz CT molecular complexity index is 995. The molecule has 1 aliphatic carbocycles. The van der Waals surface area contributed by atoms with Gasteiger partial charge in [-0.05, 0) is 54.8 Å². The molecular weight excluding hydrogens is 418 g/mol. The first-order chi connectivity index (χ1) is 14.7. The van der Waals surface area contributed by atoms with Crippen LogP contribution in [0.5, 0.6) is 11.5 Å². The lowest BCUT2D eigenvalue weighted by atomic mass is 9.90. The predicted octanol–water partition coefficient (Wildman–Crippen LogP) is 4.39. The second-order valence-electron chi connectivity index (χ2n) is 7.65. The topological polar surface area (TPSA) is 72.3 Å². The van der Waals surface area contributed by atoms with Gasteiger partial charge in [-0.1, -0.05) is 30.3 Å². The number of fused-ring (bicyclic) bond motifs is 1. The lowest BCUT2D eigenvalue weighted by Crippen LogP contribution is -2.26. The number of hydrogen-bond acceptors (Lipinski definition) is 7. The van der Waals surface area contributed by atoms with Crippen LogP contribution < -0.4 is 14.8 Å². The van der Waals surface area contributed by atoms with E-state index in [4.69, 9.17) is 19.5 Å². The summed E-state index contributed by atoms with van der Waals surface area (Å²) in [5.74, 6) is 1.78. The van der Waals surface area contributed by atoms with Crippen LogP contribution in [0.25, 0.3) is 0 Å². The maximum atomic E-state index is 12.5. The van der Waals surface area contributed by atoms with Crippen LogP contribution in [0.1, 0.15) is 42.5 Å². The van der Waals surface area contributed by atoms with Crippen molar-refractivity contribution in [1.29, 1.82) is 0 Å². The smallest absolute Gasteiger partial charge is 0.231 e. The molecule has 1 N–H and O–H groups in total. The number of nitrogens with one attached hydrogen (secondary N) is 1. The number of thiophene rings is 1. The predicted molar refractivity (Wildman–Crippen MR) is 121 cm³/mol. The lowest BCUT2D eigenvalue weighted by molar-refractivity contribution is -0.118. The number of thioether (sulfide) groups is 1. The summed E-state index contributed by atoms with van der Waals surface area (Å²) in [6, 6.07) is 9.84. The van der Waals surface area contributed by atoms with Gasteiger partial charge >= 0.3 is 0 Å². The molecule has 6 nitrogen and oxygen atoms in total. The number of hydrogen-bond donors (Lipinski definition) is 1. The van der Waals surface area contributed by atoms with Crippen molar-refractivity contribution < 1.29 is 14.3 Å². The molecule has 1 fully saturated rings. The minimum atomic E-state index is -0.303. The maximum Gasteiger partial charge on any atom is 0.231 e. The Balaban J connectivity index is 1.21. The van der Waals surface area contributed by atoms with Crippen molar-refractivity contribution in [3.8, 4) is 11.5 Å². The van der Waals surface area contributed by atoms with E-state index in [-0.39, 0.29) is 18.4 Å². The van der Waals surface area contributed by atoms with Gasteiger partial charge in [-0.25, -0.2) is 4.99 Å². The number of ether oxygens (including phenoxy) is 2. The third kappa shape index (κ3) is 4.11. The van der Waals surface area contributed by atoms with Crippen molar-refractivity contribution in [2.24, 2.45) is 9.98 Å². The quantitative estimate of drug-likeness (QED) is 0.747. The summed E-state index contributed by atoms with van der Waals surface area (Å²) in [5.41, 5.74) is 1.64. The molecule has 1 saturated carbocycles. The molecule has 5 rings (SSSR count). The van der Waals surface area contributed by atoms with E-state index < -0.39 is 0 Å². The highest BCUT2D eigenvalue weighted by molar-refractivity contribution is 8.16. The fraction of sp³-hybridized carbons (Fsp3) is 0.409. The average Bonchev–Trinajstić information content (AvgIpc) is 3.51. The monoisotopic (exact) mass is 441 g/mol. The lowest BCUT2D eigenvalue weighted by Gasteiger charge is -2.27. The van der Waals surface area contributed by atoms with Gasteiger partial charge in [-0.2, -0.15) is 0 Å². The fourth-order valence-electron chi connectivity index (χ4n) is 3.98. The number of rotatable bonds is 5. The van der Waals surface area contributed by atoms with Gasteiger partial charge in [-0.3, -0.25) is 9.79 Å². The summed E-state index contributed by atoms with van der Waals surface area (Å²) in [6.07, 6.45) is 5.59. The molecule has 0 bridgehead atoms. The number of nitrogens with zero attached hydrogens (tertiary/aromatic N) is 2. The molecule has 2 aromatic rings. The highest BCUT2D eigenvalue weighted by Gasteiger charge is 2.38. The summed E-state index contributed by atoms with van der Waals surface area (Å²) in [5, 5.41) is 5.95. The zero-order chi connectivity index (χ0) is 20.4. The molecule has 1 aromatic heterocycles. The minimum Gasteiger partial charge on any atom is -0.454 e. The standard InChI is InChI=1S/C22H23N3O3S2/c26-19(23-12-15-6-7-16-17(11-15)28-14-27-16)13-30-21-20(18-5-4-10-29-18)24-22(25-21)8-2-1-3-9-22/h4-7,10-11H,1-3,8-9,12-14H2,(H,23,26). The van der Waals surface area contributed by atoms with Crippen LogP contribution in [0.4, 0.5) is 0 Å². The van der Waals surface area contributed by atoms with Crippen molar-refractivity contribution >= 4 is 39.8 Å². The molecule has 0 radical (unpaired) electrons. The largest absolute Gasteiger partial charge is 0.454 e. The summed E-state index contributed by atoms with van der Waals surface area (Å²) in [4.78, 5) is 23.7. The van der Waals surface area contributed by atoms with Crippen molar-refractivity contribution in [2.75, 3.05) is 12.5 Å². The van der Waals surface area contributed by atoms with Gasteiger partial charge in [0.25, 0.3) is 0 Å². The van der Waals surface area contributed by atoms with Crippen LogP contribution in [0, 0.1) is 0 Å². The Morgan fingerprint density at radius 2 is 2.00 bits per heavy atom. The summed E-state index contributed by atoms with van der Waals surface area (Å²) in [7, 11) is 0. The van der Waals surface area contributed by atoms with E-state index in [1.54, 1.807) is 11.3 Å². The van der Waals surface area contributed by atoms with Crippen LogP contribution in [0.2, 0.25) is 0 Å². The van der Waals surface area contributed by atoms with Crippen LogP contribution >= 0.6 is 23.1 Å². The number of aliphatic imine (C=N–C) groups is 2. The van der Waals surface area contributed by atoms with Crippen LogP contribution in [0.3, 0.4) is 0 Å². The second kappa shape index (κ2) is 8.43. The van der Waals surface area contributed by atoms with E-state index in [2.05, 4.69) is 16.8 Å². The van der Waals surface area contributed by atoms with Crippen LogP contribution in [-0.4, -0.2) is 34.9 Å². The Morgan fingerprint density at radius 3 is 2.83 bits per heavy atom. The zero-order valence-corrected chi connectivity index (χ0v) is 18.2. The van der Waals surface area contributed by atoms with Gasteiger partial charge in [0, 0.05) is 6.54 Å². The molecular formula is C22H23N3O3S2. The molecule has 1 aromatic carbocycles. The normalized spacial score (nSPS) is 18.9. The van der Waals surface area contributed by atoms with Gasteiger partial charge in [0.2, 0.25) is 12.7 Å². The van der Waals surface area contributed by atoms with Crippen molar-refractivity contribution in [3.63, 3.8) is 0 Å². The van der Waals surface area contributed by atoms with Gasteiger partial charge in [0.15, 0.2) is 17.2 Å². The minimum absolute atomic E-state index is 0.0181. The molecule has 1 spiro atoms. The van der Waals surface area contributed by atoms with E-state index >= 15 is 0 Å². The Labute approximate surface area is 183 Å². The molecule has 3 heterocycles. The fourth-order valence-corrected chi connectivity index (χ4v) is 5.65. The molecule has 2 aliphatic heterocycles. The third-order valence-electron chi connectivity index (χ3n) is 5.51. The summed E-state index contributed by atoms with van der Waals surface area (Å²) in [6.45, 7) is 0.706. The molecule has 0 saturated heterocycles. The second-order valence-corrected chi connectivity index (χ2v) is 9.56. The molecule has 1 amide bonds. The number of carbonyl (C=O) groups is 1. The first-order valence-electron chi connectivity index (χ1n) is 10.2. The molecule has 3 aliphatic rings. The van der Waals surface area contributed by atoms with E-state index in [1.165, 1.54) is 31.0 Å². The van der Waals surface area contributed by atoms with E-state index in [9.17, 15) is 4.79 Å². The number of carbonyl (C=O) groups excluding carboxylic acids is 1. The van der Waals surface area contributed by atoms with Gasteiger partial charge in [0.05, 0.1) is 10.6 Å². The Kier molecular flexibility index (Phi) is 5.52. The maximum absolute atomic E-state index is 12.5. The van der Waals surface area contributed by atoms with Gasteiger partial charge < -0.3 is 14.8 Å². The van der Waals surface area contributed by atoms with E-state index in [1.807, 2.05) is 24.3 Å². The van der Waals surface area contributed by atoms with E-state index in [0.29, 0.717) is 12.3 Å². The summed E-state index contributed by atoms with van der Waals surface area (Å²) < 4.78 is 10.7. The first kappa shape index (κ1) is 19.6. The van der Waals surface area contributed by atoms with Crippen molar-refractivity contribution in [3.05, 3.63) is 46.2 Å². The van der Waals surface area contributed by atoms with Gasteiger partial charge in [0.1, 0.15) is 10.8 Å². The highest BCUT2D eigenvalue weighted by atomic mass is 32.2.